The maximum absolute atomic E-state index is 13.6. The molecule has 0 amide bonds. The Labute approximate surface area is 176 Å². The molecule has 0 aromatic heterocycles. The molecule has 0 aliphatic carbocycles. The maximum Gasteiger partial charge on any atom is 0.324 e. The summed E-state index contributed by atoms with van der Waals surface area (Å²) < 4.78 is 33.4. The zero-order valence-electron chi connectivity index (χ0n) is 17.2. The highest BCUT2D eigenvalue weighted by Crippen LogP contribution is 2.28. The summed E-state index contributed by atoms with van der Waals surface area (Å²) in [6.45, 7) is 5.34. The van der Waals surface area contributed by atoms with Crippen molar-refractivity contribution in [3.05, 3.63) is 70.3 Å². The van der Waals surface area contributed by atoms with Crippen molar-refractivity contribution in [3.63, 3.8) is 0 Å². The highest BCUT2D eigenvalue weighted by atomic mass is 32.2. The van der Waals surface area contributed by atoms with Gasteiger partial charge in [0.15, 0.2) is 0 Å². The summed E-state index contributed by atoms with van der Waals surface area (Å²) in [5.41, 5.74) is 0.344. The molecule has 0 aliphatic rings. The third-order valence-electron chi connectivity index (χ3n) is 4.84. The summed E-state index contributed by atoms with van der Waals surface area (Å²) >= 11 is 0. The number of hydrogen-bond donors (Lipinski definition) is 0. The lowest BCUT2D eigenvalue weighted by Crippen LogP contribution is -2.48. The van der Waals surface area contributed by atoms with E-state index in [9.17, 15) is 23.3 Å². The molecule has 162 valence electrons. The Kier molecular flexibility index (Phi) is 8.08. The van der Waals surface area contributed by atoms with Gasteiger partial charge in [0.05, 0.1) is 16.4 Å². The van der Waals surface area contributed by atoms with Crippen LogP contribution in [0.2, 0.25) is 0 Å². The Morgan fingerprint density at radius 1 is 1.13 bits per heavy atom. The summed E-state index contributed by atoms with van der Waals surface area (Å²) in [5, 5.41) is 11.1. The minimum Gasteiger partial charge on any atom is -0.465 e. The van der Waals surface area contributed by atoms with Gasteiger partial charge in [-0.2, -0.15) is 4.31 Å². The second-order valence-electron chi connectivity index (χ2n) is 6.87. The van der Waals surface area contributed by atoms with E-state index < -0.39 is 27.0 Å². The number of benzene rings is 2. The first-order valence-corrected chi connectivity index (χ1v) is 11.1. The van der Waals surface area contributed by atoms with Crippen molar-refractivity contribution in [2.45, 2.75) is 44.7 Å². The number of ether oxygens (including phenoxy) is 1. The first kappa shape index (κ1) is 23.5. The van der Waals surface area contributed by atoms with Gasteiger partial charge >= 0.3 is 5.97 Å². The zero-order chi connectivity index (χ0) is 22.3. The quantitative estimate of drug-likeness (QED) is 0.320. The predicted octanol–water partition coefficient (Wildman–Crippen LogP) is 3.76. The van der Waals surface area contributed by atoms with Crippen LogP contribution in [-0.2, 0) is 26.1 Å². The number of nitro benzene ring substituents is 1. The molecule has 0 fully saturated rings. The van der Waals surface area contributed by atoms with E-state index in [0.29, 0.717) is 12.0 Å². The molecule has 0 heterocycles. The molecule has 0 radical (unpaired) electrons. The zero-order valence-corrected chi connectivity index (χ0v) is 18.0. The van der Waals surface area contributed by atoms with Crippen LogP contribution in [0, 0.1) is 16.0 Å². The largest absolute Gasteiger partial charge is 0.465 e. The van der Waals surface area contributed by atoms with Crippen LogP contribution in [0.1, 0.15) is 32.8 Å². The predicted molar refractivity (Wildman–Crippen MR) is 112 cm³/mol. The second-order valence-corrected chi connectivity index (χ2v) is 8.76. The number of nitrogens with zero attached hydrogens (tertiary/aromatic N) is 2. The lowest BCUT2D eigenvalue weighted by Gasteiger charge is -2.33. The van der Waals surface area contributed by atoms with E-state index in [4.69, 9.17) is 4.74 Å². The number of rotatable bonds is 10. The molecule has 9 heteroatoms. The van der Waals surface area contributed by atoms with Crippen molar-refractivity contribution < 1.29 is 22.9 Å². The highest BCUT2D eigenvalue weighted by molar-refractivity contribution is 7.89. The van der Waals surface area contributed by atoms with Crippen molar-refractivity contribution in [3.8, 4) is 0 Å². The van der Waals surface area contributed by atoms with E-state index in [2.05, 4.69) is 0 Å². The standard InChI is InChI=1S/C21H26N2O6S/c1-4-16(3)20(21(24)29-5-2)22(15-17-10-7-6-8-11-17)30(27,28)19-13-9-12-18(14-19)23(25)26/h6-14,16,20H,4-5,15H2,1-3H3/t16-,20+/m0/s1. The third-order valence-corrected chi connectivity index (χ3v) is 6.66. The van der Waals surface area contributed by atoms with Crippen LogP contribution in [0.25, 0.3) is 0 Å². The summed E-state index contributed by atoms with van der Waals surface area (Å²) in [6, 6.07) is 12.6. The topological polar surface area (TPSA) is 107 Å². The van der Waals surface area contributed by atoms with Crippen LogP contribution in [-0.4, -0.2) is 36.3 Å². The van der Waals surface area contributed by atoms with Gasteiger partial charge in [0.1, 0.15) is 6.04 Å². The van der Waals surface area contributed by atoms with Crippen LogP contribution in [0.4, 0.5) is 5.69 Å². The van der Waals surface area contributed by atoms with Gasteiger partial charge < -0.3 is 4.74 Å². The number of nitro groups is 1. The summed E-state index contributed by atoms with van der Waals surface area (Å²) in [4.78, 5) is 23.0. The Balaban J connectivity index is 2.62. The molecule has 0 bridgehead atoms. The number of carbonyl (C=O) groups is 1. The average Bonchev–Trinajstić information content (AvgIpc) is 2.74. The first-order valence-electron chi connectivity index (χ1n) is 9.69. The summed E-state index contributed by atoms with van der Waals surface area (Å²) in [7, 11) is -4.24. The smallest absolute Gasteiger partial charge is 0.324 e. The monoisotopic (exact) mass is 434 g/mol. The van der Waals surface area contributed by atoms with Crippen LogP contribution in [0.5, 0.6) is 0 Å². The van der Waals surface area contributed by atoms with E-state index in [1.807, 2.05) is 6.92 Å². The Morgan fingerprint density at radius 3 is 2.37 bits per heavy atom. The SMILES string of the molecule is CCOC(=O)[C@@H]([C@@H](C)CC)N(Cc1ccccc1)S(=O)(=O)c1cccc([N+](=O)[O-])c1. The van der Waals surface area contributed by atoms with E-state index >= 15 is 0 Å². The third kappa shape index (κ3) is 5.43. The van der Waals surface area contributed by atoms with E-state index in [-0.39, 0.29) is 29.7 Å². The Morgan fingerprint density at radius 2 is 1.80 bits per heavy atom. The molecule has 0 saturated carbocycles. The minimum absolute atomic E-state index is 0.0698. The molecule has 0 N–H and O–H groups in total. The fourth-order valence-corrected chi connectivity index (χ4v) is 4.78. The van der Waals surface area contributed by atoms with Gasteiger partial charge in [-0.25, -0.2) is 8.42 Å². The number of carbonyl (C=O) groups excluding carboxylic acids is 1. The van der Waals surface area contributed by atoms with Gasteiger partial charge in [0, 0.05) is 18.7 Å². The second kappa shape index (κ2) is 10.3. The maximum atomic E-state index is 13.6. The molecular weight excluding hydrogens is 408 g/mol. The summed E-state index contributed by atoms with van der Waals surface area (Å²) in [5.74, 6) is -0.974. The molecular formula is C21H26N2O6S. The minimum atomic E-state index is -4.24. The van der Waals surface area contributed by atoms with Gasteiger partial charge in [-0.1, -0.05) is 56.7 Å². The molecule has 8 nitrogen and oxygen atoms in total. The van der Waals surface area contributed by atoms with Crippen molar-refractivity contribution >= 4 is 21.7 Å². The molecule has 0 spiro atoms. The fourth-order valence-electron chi connectivity index (χ4n) is 3.07. The first-order chi connectivity index (χ1) is 14.2. The number of non-ortho nitro benzene ring substituents is 1. The molecule has 30 heavy (non-hydrogen) atoms. The van der Waals surface area contributed by atoms with Gasteiger partial charge in [-0.3, -0.25) is 14.9 Å². The normalized spacial score (nSPS) is 13.6. The fraction of sp³-hybridized carbons (Fsp3) is 0.381. The molecule has 2 rings (SSSR count). The van der Waals surface area contributed by atoms with Crippen LogP contribution in [0.15, 0.2) is 59.5 Å². The van der Waals surface area contributed by atoms with Gasteiger partial charge in [0.25, 0.3) is 5.69 Å². The highest BCUT2D eigenvalue weighted by Gasteiger charge is 2.40. The van der Waals surface area contributed by atoms with Gasteiger partial charge in [-0.15, -0.1) is 0 Å². The van der Waals surface area contributed by atoms with Crippen molar-refractivity contribution in [2.24, 2.45) is 5.92 Å². The number of sulfonamides is 1. The van der Waals surface area contributed by atoms with Crippen molar-refractivity contribution in [1.82, 2.24) is 4.31 Å². The summed E-state index contributed by atoms with van der Waals surface area (Å²) in [6.07, 6.45) is 0.541. The number of hydrogen-bond acceptors (Lipinski definition) is 6. The van der Waals surface area contributed by atoms with E-state index in [1.54, 1.807) is 44.2 Å². The average molecular weight is 435 g/mol. The number of esters is 1. The molecule has 0 unspecified atom stereocenters. The Hall–Kier alpha value is -2.78. The molecule has 0 saturated heterocycles. The van der Waals surface area contributed by atoms with E-state index in [0.717, 1.165) is 10.4 Å². The van der Waals surface area contributed by atoms with Crippen molar-refractivity contribution in [1.29, 1.82) is 0 Å². The lowest BCUT2D eigenvalue weighted by molar-refractivity contribution is -0.385. The van der Waals surface area contributed by atoms with Crippen molar-refractivity contribution in [2.75, 3.05) is 6.61 Å². The van der Waals surface area contributed by atoms with Crippen LogP contribution >= 0.6 is 0 Å². The van der Waals surface area contributed by atoms with Crippen LogP contribution < -0.4 is 0 Å². The Bertz CT molecular complexity index is 978. The van der Waals surface area contributed by atoms with Gasteiger partial charge in [0.2, 0.25) is 10.0 Å². The molecule has 2 atom stereocenters. The van der Waals surface area contributed by atoms with Gasteiger partial charge in [-0.05, 0) is 24.5 Å². The van der Waals surface area contributed by atoms with E-state index in [1.165, 1.54) is 18.2 Å². The molecule has 2 aromatic carbocycles. The molecule has 0 aliphatic heterocycles. The lowest BCUT2D eigenvalue weighted by atomic mass is 9.99. The van der Waals surface area contributed by atoms with Crippen LogP contribution in [0.3, 0.4) is 0 Å². The molecule has 2 aromatic rings.